The minimum absolute atomic E-state index is 0. The Kier molecular flexibility index (Phi) is 5.94. The van der Waals surface area contributed by atoms with Gasteiger partial charge in [0.1, 0.15) is 17.3 Å². The molecule has 0 saturated heterocycles. The Morgan fingerprint density at radius 2 is 2.00 bits per heavy atom. The van der Waals surface area contributed by atoms with Crippen LogP contribution in [-0.4, -0.2) is 9.78 Å². The van der Waals surface area contributed by atoms with E-state index in [2.05, 4.69) is 5.10 Å². The second-order valence-corrected chi connectivity index (χ2v) is 3.49. The summed E-state index contributed by atoms with van der Waals surface area (Å²) in [5.74, 6) is 0.466. The maximum atomic E-state index is 12.9. The van der Waals surface area contributed by atoms with Gasteiger partial charge in [-0.05, 0) is 19.1 Å². The van der Waals surface area contributed by atoms with Gasteiger partial charge in [-0.15, -0.1) is 24.8 Å². The maximum Gasteiger partial charge on any atom is 0.241 e. The average Bonchev–Trinajstić information content (AvgIpc) is 2.45. The fraction of sp³-hybridized carbons (Fsp3) is 0.182. The van der Waals surface area contributed by atoms with Gasteiger partial charge in [-0.3, -0.25) is 0 Å². The SMILES string of the molecule is Cc1nn(C)c(Oc2cccc(F)c2)c1N.Cl.Cl. The van der Waals surface area contributed by atoms with Gasteiger partial charge in [-0.1, -0.05) is 6.07 Å². The Morgan fingerprint density at radius 3 is 2.50 bits per heavy atom. The monoisotopic (exact) mass is 293 g/mol. The van der Waals surface area contributed by atoms with Crippen molar-refractivity contribution in [2.24, 2.45) is 7.05 Å². The Labute approximate surface area is 117 Å². The molecule has 2 aromatic rings. The number of aryl methyl sites for hydroxylation is 2. The number of anilines is 1. The number of halogens is 3. The van der Waals surface area contributed by atoms with E-state index in [9.17, 15) is 4.39 Å². The van der Waals surface area contributed by atoms with Gasteiger partial charge in [0.25, 0.3) is 0 Å². The van der Waals surface area contributed by atoms with Gasteiger partial charge in [0.15, 0.2) is 0 Å². The molecule has 2 N–H and O–H groups in total. The van der Waals surface area contributed by atoms with Crippen molar-refractivity contribution in [2.45, 2.75) is 6.92 Å². The van der Waals surface area contributed by atoms with Crippen LogP contribution in [0.5, 0.6) is 11.6 Å². The molecular weight excluding hydrogens is 280 g/mol. The van der Waals surface area contributed by atoms with Crippen molar-refractivity contribution < 1.29 is 9.13 Å². The number of nitrogens with zero attached hydrogens (tertiary/aromatic N) is 2. The first-order valence-electron chi connectivity index (χ1n) is 4.80. The van der Waals surface area contributed by atoms with Gasteiger partial charge in [-0.25, -0.2) is 9.07 Å². The molecule has 0 aliphatic heterocycles. The first kappa shape index (κ1) is 16.5. The van der Waals surface area contributed by atoms with Crippen LogP contribution in [-0.2, 0) is 7.05 Å². The van der Waals surface area contributed by atoms with Crippen LogP contribution in [0.1, 0.15) is 5.69 Å². The van der Waals surface area contributed by atoms with E-state index in [-0.39, 0.29) is 30.6 Å². The summed E-state index contributed by atoms with van der Waals surface area (Å²) in [5, 5.41) is 4.10. The molecular formula is C11H14Cl2FN3O. The van der Waals surface area contributed by atoms with E-state index in [1.165, 1.54) is 16.8 Å². The highest BCUT2D eigenvalue weighted by atomic mass is 35.5. The molecule has 1 heterocycles. The molecule has 7 heteroatoms. The second-order valence-electron chi connectivity index (χ2n) is 3.49. The van der Waals surface area contributed by atoms with Crippen molar-refractivity contribution in [3.05, 3.63) is 35.8 Å². The highest BCUT2D eigenvalue weighted by Gasteiger charge is 2.12. The molecule has 100 valence electrons. The number of hydrogen-bond acceptors (Lipinski definition) is 3. The second kappa shape index (κ2) is 6.47. The molecule has 4 nitrogen and oxygen atoms in total. The molecule has 0 fully saturated rings. The summed E-state index contributed by atoms with van der Waals surface area (Å²) in [6.45, 7) is 1.79. The lowest BCUT2D eigenvalue weighted by molar-refractivity contribution is 0.429. The standard InChI is InChI=1S/C11H12FN3O.2ClH/c1-7-10(13)11(15(2)14-7)16-9-5-3-4-8(12)6-9;;/h3-6H,13H2,1-2H3;2*1H. The summed E-state index contributed by atoms with van der Waals surface area (Å²) >= 11 is 0. The van der Waals surface area contributed by atoms with E-state index in [0.29, 0.717) is 23.0 Å². The van der Waals surface area contributed by atoms with E-state index in [1.54, 1.807) is 26.1 Å². The van der Waals surface area contributed by atoms with E-state index in [4.69, 9.17) is 10.5 Å². The molecule has 0 bridgehead atoms. The van der Waals surface area contributed by atoms with Crippen molar-refractivity contribution in [1.82, 2.24) is 9.78 Å². The van der Waals surface area contributed by atoms with Crippen LogP contribution in [0.2, 0.25) is 0 Å². The minimum Gasteiger partial charge on any atom is -0.437 e. The van der Waals surface area contributed by atoms with E-state index in [0.717, 1.165) is 0 Å². The molecule has 1 aromatic heterocycles. The summed E-state index contributed by atoms with van der Waals surface area (Å²) < 4.78 is 19.9. The van der Waals surface area contributed by atoms with Crippen LogP contribution in [0.15, 0.2) is 24.3 Å². The number of rotatable bonds is 2. The molecule has 0 amide bonds. The zero-order valence-electron chi connectivity index (χ0n) is 9.88. The van der Waals surface area contributed by atoms with Crippen molar-refractivity contribution >= 4 is 30.5 Å². The number of nitrogen functional groups attached to an aromatic ring is 1. The summed E-state index contributed by atoms with van der Waals surface area (Å²) in [6.07, 6.45) is 0. The number of aromatic nitrogens is 2. The van der Waals surface area contributed by atoms with Crippen LogP contribution in [0.3, 0.4) is 0 Å². The van der Waals surface area contributed by atoms with Gasteiger partial charge in [0, 0.05) is 13.1 Å². The average molecular weight is 294 g/mol. The fourth-order valence-corrected chi connectivity index (χ4v) is 1.42. The third kappa shape index (κ3) is 3.27. The van der Waals surface area contributed by atoms with Gasteiger partial charge < -0.3 is 10.5 Å². The normalized spacial score (nSPS) is 9.28. The molecule has 0 radical (unpaired) electrons. The molecule has 0 saturated carbocycles. The van der Waals surface area contributed by atoms with Crippen LogP contribution < -0.4 is 10.5 Å². The third-order valence-electron chi connectivity index (χ3n) is 2.22. The van der Waals surface area contributed by atoms with Gasteiger partial charge >= 0.3 is 0 Å². The summed E-state index contributed by atoms with van der Waals surface area (Å²) in [6, 6.07) is 5.88. The molecule has 0 spiro atoms. The fourth-order valence-electron chi connectivity index (χ4n) is 1.42. The van der Waals surface area contributed by atoms with E-state index in [1.807, 2.05) is 0 Å². The zero-order valence-corrected chi connectivity index (χ0v) is 11.5. The van der Waals surface area contributed by atoms with Crippen LogP contribution in [0, 0.1) is 12.7 Å². The number of benzene rings is 1. The topological polar surface area (TPSA) is 53.1 Å². The predicted octanol–water partition coefficient (Wildman–Crippen LogP) is 3.09. The van der Waals surface area contributed by atoms with Gasteiger partial charge in [0.05, 0.1) is 5.69 Å². The highest BCUT2D eigenvalue weighted by Crippen LogP contribution is 2.29. The number of ether oxygens (including phenoxy) is 1. The minimum atomic E-state index is -0.352. The van der Waals surface area contributed by atoms with Crippen LogP contribution >= 0.6 is 24.8 Å². The largest absolute Gasteiger partial charge is 0.437 e. The van der Waals surface area contributed by atoms with Crippen LogP contribution in [0.4, 0.5) is 10.1 Å². The summed E-state index contributed by atoms with van der Waals surface area (Å²) in [5.41, 5.74) is 6.94. The van der Waals surface area contributed by atoms with Gasteiger partial charge in [-0.2, -0.15) is 5.10 Å². The highest BCUT2D eigenvalue weighted by molar-refractivity contribution is 5.85. The third-order valence-corrected chi connectivity index (χ3v) is 2.22. The van der Waals surface area contributed by atoms with Crippen molar-refractivity contribution in [2.75, 3.05) is 5.73 Å². The quantitative estimate of drug-likeness (QED) is 0.926. The van der Waals surface area contributed by atoms with Crippen LogP contribution in [0.25, 0.3) is 0 Å². The summed E-state index contributed by atoms with van der Waals surface area (Å²) in [4.78, 5) is 0. The van der Waals surface area contributed by atoms with Crippen molar-refractivity contribution in [3.8, 4) is 11.6 Å². The lowest BCUT2D eigenvalue weighted by Gasteiger charge is -2.06. The summed E-state index contributed by atoms with van der Waals surface area (Å²) in [7, 11) is 1.72. The molecule has 0 unspecified atom stereocenters. The van der Waals surface area contributed by atoms with E-state index < -0.39 is 0 Å². The smallest absolute Gasteiger partial charge is 0.241 e. The Morgan fingerprint density at radius 1 is 1.33 bits per heavy atom. The first-order valence-corrected chi connectivity index (χ1v) is 4.80. The molecule has 18 heavy (non-hydrogen) atoms. The number of nitrogens with two attached hydrogens (primary N) is 1. The lowest BCUT2D eigenvalue weighted by Crippen LogP contribution is -1.97. The zero-order chi connectivity index (χ0) is 11.7. The lowest BCUT2D eigenvalue weighted by atomic mass is 10.3. The van der Waals surface area contributed by atoms with Crippen molar-refractivity contribution in [1.29, 1.82) is 0 Å². The van der Waals surface area contributed by atoms with Gasteiger partial charge in [0.2, 0.25) is 5.88 Å². The van der Waals surface area contributed by atoms with Crippen molar-refractivity contribution in [3.63, 3.8) is 0 Å². The Bertz CT molecular complexity index is 531. The Hall–Kier alpha value is -1.46. The molecule has 0 aliphatic carbocycles. The number of hydrogen-bond donors (Lipinski definition) is 1. The Balaban J connectivity index is 0.00000144. The maximum absolute atomic E-state index is 12.9. The first-order chi connectivity index (χ1) is 7.58. The predicted molar refractivity (Wildman–Crippen MR) is 73.3 cm³/mol. The molecule has 0 aliphatic rings. The van der Waals surface area contributed by atoms with E-state index >= 15 is 0 Å². The molecule has 1 aromatic carbocycles. The molecule has 2 rings (SSSR count). The molecule has 0 atom stereocenters.